The molecule has 0 spiro atoms. The van der Waals surface area contributed by atoms with Crippen LogP contribution < -0.4 is 10.6 Å². The predicted molar refractivity (Wildman–Crippen MR) is 189 cm³/mol. The van der Waals surface area contributed by atoms with Crippen LogP contribution in [0, 0.1) is 33.0 Å². The Kier molecular flexibility index (Phi) is 15.7. The van der Waals surface area contributed by atoms with Gasteiger partial charge in [0.2, 0.25) is 0 Å². The molecular formula is C38H64N2O10. The van der Waals surface area contributed by atoms with Gasteiger partial charge in [-0.15, -0.1) is 0 Å². The molecule has 4 unspecified atom stereocenters. The van der Waals surface area contributed by atoms with Crippen molar-refractivity contribution in [2.45, 2.75) is 126 Å². The van der Waals surface area contributed by atoms with E-state index >= 15 is 0 Å². The van der Waals surface area contributed by atoms with Crippen molar-refractivity contribution in [3.8, 4) is 0 Å². The Morgan fingerprint density at radius 1 is 0.760 bits per heavy atom. The number of alkyl carbamates (subject to hydrolysis) is 2. The quantitative estimate of drug-likeness (QED) is 0.0706. The van der Waals surface area contributed by atoms with Gasteiger partial charge in [-0.25, -0.2) is 14.4 Å². The van der Waals surface area contributed by atoms with E-state index in [2.05, 4.69) is 58.8 Å². The van der Waals surface area contributed by atoms with Crippen molar-refractivity contribution in [1.29, 1.82) is 0 Å². The largest absolute Gasteiger partial charge is 0.465 e. The fourth-order valence-electron chi connectivity index (χ4n) is 8.43. The van der Waals surface area contributed by atoms with Crippen molar-refractivity contribution < 1.29 is 47.7 Å². The van der Waals surface area contributed by atoms with Crippen molar-refractivity contribution in [2.75, 3.05) is 39.6 Å². The van der Waals surface area contributed by atoms with E-state index in [0.717, 1.165) is 44.6 Å². The first-order valence-electron chi connectivity index (χ1n) is 18.0. The lowest BCUT2D eigenvalue weighted by Crippen LogP contribution is -2.47. The molecule has 286 valence electrons. The maximum atomic E-state index is 13.0. The van der Waals surface area contributed by atoms with Crippen LogP contribution in [0.4, 0.5) is 9.59 Å². The molecule has 2 amide bonds. The van der Waals surface area contributed by atoms with Crippen LogP contribution in [0.3, 0.4) is 0 Å². The zero-order chi connectivity index (χ0) is 37.8. The summed E-state index contributed by atoms with van der Waals surface area (Å²) < 4.78 is 26.4. The van der Waals surface area contributed by atoms with Crippen LogP contribution in [0.15, 0.2) is 12.7 Å². The van der Waals surface area contributed by atoms with Gasteiger partial charge in [0, 0.05) is 36.9 Å². The molecule has 0 heterocycles. The van der Waals surface area contributed by atoms with Gasteiger partial charge in [-0.1, -0.05) is 62.0 Å². The van der Waals surface area contributed by atoms with Gasteiger partial charge in [0.25, 0.3) is 0 Å². The monoisotopic (exact) mass is 708 g/mol. The average molecular weight is 709 g/mol. The fourth-order valence-corrected chi connectivity index (χ4v) is 8.43. The maximum absolute atomic E-state index is 13.0. The van der Waals surface area contributed by atoms with Gasteiger partial charge in [-0.05, 0) is 79.4 Å². The number of esters is 3. The van der Waals surface area contributed by atoms with Crippen LogP contribution in [0.25, 0.3) is 0 Å². The second-order valence-corrected chi connectivity index (χ2v) is 17.6. The number of ether oxygens (including phenoxy) is 5. The number of carbonyl (C=O) groups excluding carboxylic acids is 5. The van der Waals surface area contributed by atoms with Crippen LogP contribution in [0.1, 0.15) is 120 Å². The molecule has 2 fully saturated rings. The van der Waals surface area contributed by atoms with E-state index in [-0.39, 0.29) is 84.8 Å². The predicted octanol–water partition coefficient (Wildman–Crippen LogP) is 6.89. The summed E-state index contributed by atoms with van der Waals surface area (Å²) in [5.41, 5.74) is -0.987. The zero-order valence-electron chi connectivity index (χ0n) is 32.1. The molecule has 0 aromatic rings. The highest BCUT2D eigenvalue weighted by molar-refractivity contribution is 5.81. The second kappa shape index (κ2) is 18.3. The zero-order valence-corrected chi connectivity index (χ0v) is 32.1. The van der Waals surface area contributed by atoms with E-state index in [0.29, 0.717) is 19.6 Å². The smallest absolute Gasteiger partial charge is 0.407 e. The molecule has 2 N–H and O–H groups in total. The SMILES string of the molecule is C=CC(=O)OCCOC(=O)NCC1(C)CC(CC(=O)OCC(C)(C)COC(=O)CCC2(C)CC(NC(=O)OCC)CC(C)(C)C2)CC(C)(C)C1. The summed E-state index contributed by atoms with van der Waals surface area (Å²) in [4.78, 5) is 61.2. The van der Waals surface area contributed by atoms with E-state index in [9.17, 15) is 24.0 Å². The molecular weight excluding hydrogens is 644 g/mol. The topological polar surface area (TPSA) is 156 Å². The fraction of sp³-hybridized carbons (Fsp3) is 0.816. The molecule has 50 heavy (non-hydrogen) atoms. The number of hydrogen-bond acceptors (Lipinski definition) is 10. The van der Waals surface area contributed by atoms with Crippen LogP contribution in [0.5, 0.6) is 0 Å². The first-order chi connectivity index (χ1) is 23.1. The highest BCUT2D eigenvalue weighted by atomic mass is 16.6. The standard InChI is InChI=1S/C38H64N2O10/c1-11-29(41)47-15-16-48-32(44)39-24-38(10)19-27(18-34(3,4)23-38)17-31(43)50-26-36(7,8)25-49-30(42)13-14-37(9)21-28(20-35(5,6)22-37)40-33(45)46-12-2/h11,27-28H,1,12-26H2,2-10H3,(H,39,44)(H,40,45). The van der Waals surface area contributed by atoms with E-state index in [1.54, 1.807) is 6.92 Å². The van der Waals surface area contributed by atoms with Crippen molar-refractivity contribution >= 4 is 30.1 Å². The minimum atomic E-state index is -0.591. The van der Waals surface area contributed by atoms with Crippen molar-refractivity contribution in [3.63, 3.8) is 0 Å². The lowest BCUT2D eigenvalue weighted by atomic mass is 9.60. The molecule has 12 heteroatoms. The minimum Gasteiger partial charge on any atom is -0.465 e. The molecule has 0 aromatic carbocycles. The molecule has 2 aliphatic rings. The minimum absolute atomic E-state index is 0.00932. The molecule has 0 aliphatic heterocycles. The van der Waals surface area contributed by atoms with Gasteiger partial charge in [0.1, 0.15) is 13.2 Å². The molecule has 0 saturated heterocycles. The van der Waals surface area contributed by atoms with Crippen LogP contribution in [-0.2, 0) is 38.1 Å². The molecule has 2 saturated carbocycles. The van der Waals surface area contributed by atoms with Gasteiger partial charge in [0.05, 0.1) is 19.8 Å². The maximum Gasteiger partial charge on any atom is 0.407 e. The van der Waals surface area contributed by atoms with E-state index < -0.39 is 23.6 Å². The summed E-state index contributed by atoms with van der Waals surface area (Å²) in [5.74, 6) is -1.09. The summed E-state index contributed by atoms with van der Waals surface area (Å²) in [6, 6.07) is -0.0189. The molecule has 0 aromatic heterocycles. The van der Waals surface area contributed by atoms with Crippen LogP contribution in [0.2, 0.25) is 0 Å². The number of carbonyl (C=O) groups is 5. The molecule has 12 nitrogen and oxygen atoms in total. The van der Waals surface area contributed by atoms with Gasteiger partial charge in [0.15, 0.2) is 0 Å². The Bertz CT molecular complexity index is 1200. The Morgan fingerprint density at radius 3 is 2.00 bits per heavy atom. The third-order valence-electron chi connectivity index (χ3n) is 9.59. The van der Waals surface area contributed by atoms with Gasteiger partial charge in [-0.3, -0.25) is 9.59 Å². The Labute approximate surface area is 299 Å². The summed E-state index contributed by atoms with van der Waals surface area (Å²) in [5, 5.41) is 5.81. The summed E-state index contributed by atoms with van der Waals surface area (Å²) >= 11 is 0. The van der Waals surface area contributed by atoms with Crippen LogP contribution >= 0.6 is 0 Å². The Balaban J connectivity index is 1.79. The lowest BCUT2D eigenvalue weighted by Gasteiger charge is -2.46. The number of hydrogen-bond donors (Lipinski definition) is 2. The molecule has 2 aliphatic carbocycles. The van der Waals surface area contributed by atoms with Gasteiger partial charge < -0.3 is 34.3 Å². The first-order valence-corrected chi connectivity index (χ1v) is 18.0. The lowest BCUT2D eigenvalue weighted by molar-refractivity contribution is -0.154. The molecule has 4 atom stereocenters. The third kappa shape index (κ3) is 16.1. The second-order valence-electron chi connectivity index (χ2n) is 17.6. The van der Waals surface area contributed by atoms with Gasteiger partial charge >= 0.3 is 30.1 Å². The normalized spacial score (nSPS) is 25.7. The summed E-state index contributed by atoms with van der Waals surface area (Å²) in [6.45, 7) is 22.7. The molecule has 2 rings (SSSR count). The van der Waals surface area contributed by atoms with E-state index in [1.807, 2.05) is 13.8 Å². The van der Waals surface area contributed by atoms with E-state index in [4.69, 9.17) is 23.7 Å². The van der Waals surface area contributed by atoms with Crippen molar-refractivity contribution in [3.05, 3.63) is 12.7 Å². The average Bonchev–Trinajstić information content (AvgIpc) is 2.97. The van der Waals surface area contributed by atoms with E-state index in [1.165, 1.54) is 0 Å². The Morgan fingerprint density at radius 2 is 1.36 bits per heavy atom. The van der Waals surface area contributed by atoms with Crippen molar-refractivity contribution in [1.82, 2.24) is 10.6 Å². The summed E-state index contributed by atoms with van der Waals surface area (Å²) in [6.07, 6.45) is 6.23. The summed E-state index contributed by atoms with van der Waals surface area (Å²) in [7, 11) is 0. The van der Waals surface area contributed by atoms with Gasteiger partial charge in [-0.2, -0.15) is 0 Å². The number of rotatable bonds is 17. The first kappa shape index (κ1) is 42.9. The molecule has 0 radical (unpaired) electrons. The highest BCUT2D eigenvalue weighted by Gasteiger charge is 2.43. The highest BCUT2D eigenvalue weighted by Crippen LogP contribution is 2.50. The Hall–Kier alpha value is -3.31. The number of amides is 2. The number of nitrogens with one attached hydrogen (secondary N) is 2. The third-order valence-corrected chi connectivity index (χ3v) is 9.59. The van der Waals surface area contributed by atoms with Crippen LogP contribution in [-0.4, -0.2) is 75.7 Å². The molecule has 0 bridgehead atoms. The van der Waals surface area contributed by atoms with Crippen molar-refractivity contribution in [2.24, 2.45) is 33.0 Å².